The smallest absolute Gasteiger partial charge is 0.242 e. The number of rotatable bonds is 5. The van der Waals surface area contributed by atoms with E-state index in [1.54, 1.807) is 12.1 Å². The van der Waals surface area contributed by atoms with Gasteiger partial charge in [0.25, 0.3) is 0 Å². The molecule has 182 valence electrons. The molecule has 1 fully saturated rings. The van der Waals surface area contributed by atoms with Crippen molar-refractivity contribution in [2.75, 3.05) is 25.2 Å². The van der Waals surface area contributed by atoms with Crippen LogP contribution in [-0.4, -0.2) is 41.2 Å². The predicted octanol–water partition coefficient (Wildman–Crippen LogP) is 4.91. The summed E-state index contributed by atoms with van der Waals surface area (Å²) in [5.74, 6) is 1.24. The second-order valence-electron chi connectivity index (χ2n) is 9.25. The largest absolute Gasteiger partial charge is 0.454 e. The minimum Gasteiger partial charge on any atom is -0.454 e. The zero-order valence-electron chi connectivity index (χ0n) is 19.9. The Balaban J connectivity index is 1.12. The number of nitrogens with one attached hydrogen (secondary N) is 1. The average molecular weight is 482 g/mol. The maximum Gasteiger partial charge on any atom is 0.242 e. The molecule has 2 amide bonds. The molecule has 1 aromatic heterocycles. The number of hydrogen-bond acceptors (Lipinski definition) is 4. The third kappa shape index (κ3) is 4.28. The van der Waals surface area contributed by atoms with Crippen LogP contribution in [-0.2, 0) is 16.1 Å². The van der Waals surface area contributed by atoms with E-state index in [2.05, 4.69) is 40.2 Å². The number of amides is 2. The van der Waals surface area contributed by atoms with Gasteiger partial charge in [0.15, 0.2) is 11.5 Å². The van der Waals surface area contributed by atoms with Crippen LogP contribution in [0.15, 0.2) is 78.9 Å². The van der Waals surface area contributed by atoms with Crippen LogP contribution in [0.25, 0.3) is 22.2 Å². The first-order valence-electron chi connectivity index (χ1n) is 12.3. The molecule has 7 heteroatoms. The third-order valence-electron chi connectivity index (χ3n) is 7.03. The van der Waals surface area contributed by atoms with Crippen LogP contribution in [0.2, 0.25) is 0 Å². The Morgan fingerprint density at radius 1 is 0.861 bits per heavy atom. The van der Waals surface area contributed by atoms with Gasteiger partial charge in [-0.15, -0.1) is 0 Å². The summed E-state index contributed by atoms with van der Waals surface area (Å²) in [6.45, 7) is 1.60. The highest BCUT2D eigenvalue weighted by Gasteiger charge is 2.28. The molecule has 2 aliphatic heterocycles. The minimum absolute atomic E-state index is 0.0243. The zero-order valence-corrected chi connectivity index (χ0v) is 19.9. The predicted molar refractivity (Wildman–Crippen MR) is 138 cm³/mol. The number of fused-ring (bicyclic) bond motifs is 2. The van der Waals surface area contributed by atoms with Gasteiger partial charge >= 0.3 is 0 Å². The number of ether oxygens (including phenoxy) is 2. The molecular weight excluding hydrogens is 454 g/mol. The fraction of sp³-hybridized carbons (Fsp3) is 0.241. The van der Waals surface area contributed by atoms with Crippen LogP contribution in [0.5, 0.6) is 11.5 Å². The quantitative estimate of drug-likeness (QED) is 0.440. The normalized spacial score (nSPS) is 15.3. The lowest BCUT2D eigenvalue weighted by atomic mass is 9.95. The fourth-order valence-electron chi connectivity index (χ4n) is 5.07. The van der Waals surface area contributed by atoms with E-state index in [0.717, 1.165) is 22.2 Å². The van der Waals surface area contributed by atoms with Crippen molar-refractivity contribution < 1.29 is 19.1 Å². The first kappa shape index (κ1) is 22.2. The van der Waals surface area contributed by atoms with E-state index in [-0.39, 0.29) is 31.1 Å². The molecule has 3 heterocycles. The number of carbonyl (C=O) groups excluding carboxylic acids is 2. The van der Waals surface area contributed by atoms with Crippen molar-refractivity contribution in [3.8, 4) is 22.8 Å². The van der Waals surface area contributed by atoms with Gasteiger partial charge in [-0.3, -0.25) is 9.59 Å². The molecule has 0 aliphatic carbocycles. The van der Waals surface area contributed by atoms with Crippen LogP contribution < -0.4 is 14.8 Å². The molecule has 0 saturated carbocycles. The van der Waals surface area contributed by atoms with E-state index < -0.39 is 0 Å². The monoisotopic (exact) mass is 481 g/mol. The Labute approximate surface area is 209 Å². The van der Waals surface area contributed by atoms with Crippen molar-refractivity contribution in [2.24, 2.45) is 5.92 Å². The number of likely N-dealkylation sites (tertiary alicyclic amines) is 1. The summed E-state index contributed by atoms with van der Waals surface area (Å²) in [5, 5.41) is 4.10. The van der Waals surface area contributed by atoms with Crippen molar-refractivity contribution in [3.05, 3.63) is 78.9 Å². The molecular formula is C29H27N3O4. The summed E-state index contributed by atoms with van der Waals surface area (Å²) in [4.78, 5) is 28.1. The van der Waals surface area contributed by atoms with Crippen LogP contribution in [0.4, 0.5) is 5.69 Å². The molecule has 4 aromatic rings. The molecule has 0 atom stereocenters. The molecule has 1 saturated heterocycles. The first-order chi connectivity index (χ1) is 17.7. The first-order valence-corrected chi connectivity index (χ1v) is 12.3. The third-order valence-corrected chi connectivity index (χ3v) is 7.03. The average Bonchev–Trinajstić information content (AvgIpc) is 3.54. The van der Waals surface area contributed by atoms with Gasteiger partial charge in [0, 0.05) is 47.4 Å². The van der Waals surface area contributed by atoms with Gasteiger partial charge in [0.05, 0.1) is 0 Å². The van der Waals surface area contributed by atoms with E-state index in [9.17, 15) is 9.59 Å². The van der Waals surface area contributed by atoms with E-state index in [4.69, 9.17) is 9.47 Å². The van der Waals surface area contributed by atoms with Gasteiger partial charge < -0.3 is 24.3 Å². The second kappa shape index (κ2) is 9.41. The number of nitrogens with zero attached hydrogens (tertiary/aromatic N) is 2. The van der Waals surface area contributed by atoms with E-state index in [0.29, 0.717) is 43.1 Å². The number of para-hydroxylation sites is 1. The number of carbonyl (C=O) groups is 2. The summed E-state index contributed by atoms with van der Waals surface area (Å²) in [6, 6.07) is 25.9. The Bertz CT molecular complexity index is 1420. The molecule has 0 radical (unpaired) electrons. The topological polar surface area (TPSA) is 72.8 Å². The summed E-state index contributed by atoms with van der Waals surface area (Å²) in [7, 11) is 0. The lowest BCUT2D eigenvalue weighted by Crippen LogP contribution is -2.42. The van der Waals surface area contributed by atoms with Crippen LogP contribution in [0.3, 0.4) is 0 Å². The van der Waals surface area contributed by atoms with E-state index in [1.165, 1.54) is 0 Å². The lowest BCUT2D eigenvalue weighted by molar-refractivity contribution is -0.135. The van der Waals surface area contributed by atoms with Crippen molar-refractivity contribution in [1.82, 2.24) is 9.47 Å². The highest BCUT2D eigenvalue weighted by atomic mass is 16.7. The van der Waals surface area contributed by atoms with Gasteiger partial charge in [-0.1, -0.05) is 48.5 Å². The molecule has 1 N–H and O–H groups in total. The van der Waals surface area contributed by atoms with Gasteiger partial charge in [-0.05, 0) is 42.7 Å². The van der Waals surface area contributed by atoms with Crippen LogP contribution in [0.1, 0.15) is 12.8 Å². The highest BCUT2D eigenvalue weighted by molar-refractivity contribution is 5.93. The van der Waals surface area contributed by atoms with Gasteiger partial charge in [-0.25, -0.2) is 0 Å². The standard InChI is InChI=1S/C29H27N3O4/c33-28(18-32-24-9-5-4-8-22(24)16-25(32)20-6-2-1-3-7-20)31-14-12-21(13-15-31)29(34)30-23-10-11-26-27(17-23)36-19-35-26/h1-11,16-17,21H,12-15,18-19H2,(H,30,34). The minimum atomic E-state index is -0.133. The van der Waals surface area contributed by atoms with Gasteiger partial charge in [-0.2, -0.15) is 0 Å². The number of piperidine rings is 1. The maximum atomic E-state index is 13.3. The number of aromatic nitrogens is 1. The van der Waals surface area contributed by atoms with E-state index in [1.807, 2.05) is 41.3 Å². The molecule has 3 aromatic carbocycles. The van der Waals surface area contributed by atoms with E-state index >= 15 is 0 Å². The Morgan fingerprint density at radius 3 is 2.44 bits per heavy atom. The lowest BCUT2D eigenvalue weighted by Gasteiger charge is -2.31. The molecule has 36 heavy (non-hydrogen) atoms. The Morgan fingerprint density at radius 2 is 1.61 bits per heavy atom. The van der Waals surface area contributed by atoms with Crippen molar-refractivity contribution in [1.29, 1.82) is 0 Å². The molecule has 0 unspecified atom stereocenters. The molecule has 6 rings (SSSR count). The number of anilines is 1. The summed E-state index contributed by atoms with van der Waals surface area (Å²) in [5.41, 5.74) is 3.85. The molecule has 0 bridgehead atoms. The fourth-order valence-corrected chi connectivity index (χ4v) is 5.07. The number of benzene rings is 3. The van der Waals surface area contributed by atoms with Gasteiger partial charge in [0.1, 0.15) is 6.54 Å². The zero-order chi connectivity index (χ0) is 24.5. The second-order valence-corrected chi connectivity index (χ2v) is 9.25. The van der Waals surface area contributed by atoms with Gasteiger partial charge in [0.2, 0.25) is 18.6 Å². The Kier molecular flexibility index (Phi) is 5.81. The van der Waals surface area contributed by atoms with Crippen molar-refractivity contribution >= 4 is 28.4 Å². The molecule has 7 nitrogen and oxygen atoms in total. The maximum absolute atomic E-state index is 13.3. The molecule has 0 spiro atoms. The number of hydrogen-bond donors (Lipinski definition) is 1. The van der Waals surface area contributed by atoms with Crippen molar-refractivity contribution in [2.45, 2.75) is 19.4 Å². The highest BCUT2D eigenvalue weighted by Crippen LogP contribution is 2.34. The van der Waals surface area contributed by atoms with Crippen molar-refractivity contribution in [3.63, 3.8) is 0 Å². The summed E-state index contributed by atoms with van der Waals surface area (Å²) >= 11 is 0. The Hall–Kier alpha value is -4.26. The SMILES string of the molecule is O=C(Nc1ccc2c(c1)OCO2)C1CCN(C(=O)Cn2c(-c3ccccc3)cc3ccccc32)CC1. The molecule has 2 aliphatic rings. The van der Waals surface area contributed by atoms with Crippen LogP contribution >= 0.6 is 0 Å². The summed E-state index contributed by atoms with van der Waals surface area (Å²) < 4.78 is 12.8. The van der Waals surface area contributed by atoms with Crippen LogP contribution in [0, 0.1) is 5.92 Å². The summed E-state index contributed by atoms with van der Waals surface area (Å²) in [6.07, 6.45) is 1.28.